The van der Waals surface area contributed by atoms with Gasteiger partial charge in [-0.15, -0.1) is 0 Å². The van der Waals surface area contributed by atoms with Crippen molar-refractivity contribution in [2.45, 2.75) is 6.92 Å². The normalized spacial score (nSPS) is 11.1. The fraction of sp³-hybridized carbons (Fsp3) is 0.0400. The molecule has 170 valence electrons. The van der Waals surface area contributed by atoms with Gasteiger partial charge in [-0.2, -0.15) is 5.10 Å². The number of aromatic nitrogens is 3. The van der Waals surface area contributed by atoms with Gasteiger partial charge in [0.05, 0.1) is 27.6 Å². The Labute approximate surface area is 201 Å². The monoisotopic (exact) mass is 520 g/mol. The number of nitrogens with two attached hydrogens (primary N) is 1. The van der Waals surface area contributed by atoms with Crippen LogP contribution in [0.15, 0.2) is 71.3 Å². The van der Waals surface area contributed by atoms with Crippen LogP contribution < -0.4 is 10.5 Å². The molecular weight excluding hydrogens is 503 g/mol. The molecule has 0 aliphatic rings. The van der Waals surface area contributed by atoms with Gasteiger partial charge in [-0.25, -0.2) is 9.07 Å². The molecule has 0 saturated carbocycles. The second-order valence-electron chi connectivity index (χ2n) is 7.74. The van der Waals surface area contributed by atoms with E-state index < -0.39 is 5.82 Å². The third-order valence-electron chi connectivity index (χ3n) is 5.44. The maximum absolute atomic E-state index is 13.9. The Kier molecular flexibility index (Phi) is 5.33. The van der Waals surface area contributed by atoms with Crippen LogP contribution in [-0.2, 0) is 0 Å². The van der Waals surface area contributed by atoms with Gasteiger partial charge in [0.25, 0.3) is 0 Å². The van der Waals surface area contributed by atoms with Gasteiger partial charge in [-0.05, 0) is 76.9 Å². The molecule has 0 spiro atoms. The summed E-state index contributed by atoms with van der Waals surface area (Å²) in [6.45, 7) is 1.84. The van der Waals surface area contributed by atoms with Gasteiger partial charge in [-0.1, -0.05) is 12.1 Å². The van der Waals surface area contributed by atoms with Gasteiger partial charge in [0.15, 0.2) is 11.6 Å². The van der Waals surface area contributed by atoms with E-state index in [1.807, 2.05) is 6.92 Å². The van der Waals surface area contributed by atoms with Gasteiger partial charge in [0.1, 0.15) is 17.3 Å². The Morgan fingerprint density at radius 2 is 1.97 bits per heavy atom. The number of ketones is 1. The quantitative estimate of drug-likeness (QED) is 0.251. The number of aromatic hydroxyl groups is 1. The molecule has 0 atom stereocenters. The standard InChI is InChI=1S/C25H18BrFN4O3/c1-13-8-15(34-23-5-3-2-4-18(23)27)6-7-21(13)31-25(28)16(12-29-31)24(33)20-9-14-10-22(32)17(26)11-19(14)30-20/h2-12,30,32H,28H2,1H3. The van der Waals surface area contributed by atoms with E-state index in [-0.39, 0.29) is 28.7 Å². The average Bonchev–Trinajstić information content (AvgIpc) is 3.39. The molecule has 0 fully saturated rings. The Hall–Kier alpha value is -4.11. The number of halogens is 2. The molecule has 3 aromatic carbocycles. The first-order valence-corrected chi connectivity index (χ1v) is 11.0. The molecule has 4 N–H and O–H groups in total. The number of ether oxygens (including phenoxy) is 1. The molecular formula is C25H18BrFN4O3. The zero-order valence-electron chi connectivity index (χ0n) is 17.8. The number of phenols is 1. The maximum Gasteiger partial charge on any atom is 0.214 e. The maximum atomic E-state index is 13.9. The second-order valence-corrected chi connectivity index (χ2v) is 8.59. The number of carbonyl (C=O) groups excluding carboxylic acids is 1. The van der Waals surface area contributed by atoms with E-state index >= 15 is 0 Å². The van der Waals surface area contributed by atoms with E-state index in [1.165, 1.54) is 16.9 Å². The summed E-state index contributed by atoms with van der Waals surface area (Å²) in [5, 5.41) is 14.9. The summed E-state index contributed by atoms with van der Waals surface area (Å²) >= 11 is 3.27. The smallest absolute Gasteiger partial charge is 0.214 e. The lowest BCUT2D eigenvalue weighted by Gasteiger charge is -2.12. The predicted octanol–water partition coefficient (Wildman–Crippen LogP) is 5.87. The molecule has 0 bridgehead atoms. The number of aromatic amines is 1. The lowest BCUT2D eigenvalue weighted by molar-refractivity contribution is 0.103. The highest BCUT2D eigenvalue weighted by atomic mass is 79.9. The van der Waals surface area contributed by atoms with Crippen LogP contribution in [0, 0.1) is 12.7 Å². The van der Waals surface area contributed by atoms with E-state index in [4.69, 9.17) is 10.5 Å². The molecule has 2 aromatic heterocycles. The molecule has 0 unspecified atom stereocenters. The lowest BCUT2D eigenvalue weighted by Crippen LogP contribution is -2.08. The molecule has 5 aromatic rings. The third kappa shape index (κ3) is 3.80. The van der Waals surface area contributed by atoms with Crippen molar-refractivity contribution in [1.82, 2.24) is 14.8 Å². The number of aryl methyl sites for hydroxylation is 1. The van der Waals surface area contributed by atoms with Crippen molar-refractivity contribution in [3.05, 3.63) is 94.0 Å². The minimum atomic E-state index is -0.455. The summed E-state index contributed by atoms with van der Waals surface area (Å²) in [6, 6.07) is 16.2. The number of carbonyl (C=O) groups is 1. The van der Waals surface area contributed by atoms with E-state index in [1.54, 1.807) is 54.6 Å². The van der Waals surface area contributed by atoms with Gasteiger partial charge in [0, 0.05) is 10.9 Å². The molecule has 0 saturated heterocycles. The van der Waals surface area contributed by atoms with Gasteiger partial charge >= 0.3 is 0 Å². The molecule has 5 rings (SSSR count). The third-order valence-corrected chi connectivity index (χ3v) is 6.08. The number of phenolic OH excluding ortho intramolecular Hbond substituents is 1. The fourth-order valence-corrected chi connectivity index (χ4v) is 4.06. The van der Waals surface area contributed by atoms with Crippen molar-refractivity contribution in [2.75, 3.05) is 5.73 Å². The summed E-state index contributed by atoms with van der Waals surface area (Å²) < 4.78 is 21.5. The van der Waals surface area contributed by atoms with E-state index in [9.17, 15) is 14.3 Å². The molecule has 0 amide bonds. The van der Waals surface area contributed by atoms with Crippen LogP contribution in [-0.4, -0.2) is 25.7 Å². The number of benzene rings is 3. The second kappa shape index (κ2) is 8.35. The van der Waals surface area contributed by atoms with Gasteiger partial charge in [0.2, 0.25) is 5.78 Å². The lowest BCUT2D eigenvalue weighted by atomic mass is 10.1. The molecule has 9 heteroatoms. The highest BCUT2D eigenvalue weighted by Crippen LogP contribution is 2.31. The first-order valence-electron chi connectivity index (χ1n) is 10.2. The largest absolute Gasteiger partial charge is 0.507 e. The summed E-state index contributed by atoms with van der Waals surface area (Å²) in [4.78, 5) is 16.2. The summed E-state index contributed by atoms with van der Waals surface area (Å²) in [5.41, 5.74) is 8.99. The number of fused-ring (bicyclic) bond motifs is 1. The number of anilines is 1. The average molecular weight is 521 g/mol. The van der Waals surface area contributed by atoms with E-state index in [0.29, 0.717) is 32.5 Å². The highest BCUT2D eigenvalue weighted by molar-refractivity contribution is 9.10. The Bertz CT molecular complexity index is 1540. The van der Waals surface area contributed by atoms with Crippen molar-refractivity contribution in [3.8, 4) is 22.9 Å². The van der Waals surface area contributed by atoms with Crippen LogP contribution in [0.4, 0.5) is 10.2 Å². The molecule has 2 heterocycles. The SMILES string of the molecule is Cc1cc(Oc2ccccc2F)ccc1-n1ncc(C(=O)c2cc3cc(O)c(Br)cc3[nH]2)c1N. The number of nitrogen functional groups attached to an aromatic ring is 1. The zero-order chi connectivity index (χ0) is 24.0. The predicted molar refractivity (Wildman–Crippen MR) is 130 cm³/mol. The Balaban J connectivity index is 1.44. The van der Waals surface area contributed by atoms with Gasteiger partial charge < -0.3 is 20.6 Å². The van der Waals surface area contributed by atoms with E-state index in [0.717, 1.165) is 5.56 Å². The number of nitrogens with one attached hydrogen (secondary N) is 1. The minimum absolute atomic E-state index is 0.0794. The van der Waals surface area contributed by atoms with Gasteiger partial charge in [-0.3, -0.25) is 4.79 Å². The van der Waals surface area contributed by atoms with Crippen LogP contribution in [0.5, 0.6) is 17.2 Å². The number of para-hydroxylation sites is 1. The van der Waals surface area contributed by atoms with Crippen molar-refractivity contribution >= 4 is 38.4 Å². The zero-order valence-corrected chi connectivity index (χ0v) is 19.4. The Morgan fingerprint density at radius 3 is 2.74 bits per heavy atom. The van der Waals surface area contributed by atoms with Crippen molar-refractivity contribution < 1.29 is 19.0 Å². The molecule has 0 radical (unpaired) electrons. The van der Waals surface area contributed by atoms with Crippen LogP contribution in [0.1, 0.15) is 21.6 Å². The minimum Gasteiger partial charge on any atom is -0.507 e. The number of hydrogen-bond donors (Lipinski definition) is 3. The summed E-state index contributed by atoms with van der Waals surface area (Å²) in [6.07, 6.45) is 1.42. The number of hydrogen-bond acceptors (Lipinski definition) is 5. The summed E-state index contributed by atoms with van der Waals surface area (Å²) in [5.74, 6) is 0.0611. The van der Waals surface area contributed by atoms with Crippen LogP contribution in [0.25, 0.3) is 16.6 Å². The number of rotatable bonds is 5. The molecule has 34 heavy (non-hydrogen) atoms. The van der Waals surface area contributed by atoms with Crippen LogP contribution in [0.3, 0.4) is 0 Å². The highest BCUT2D eigenvalue weighted by Gasteiger charge is 2.21. The topological polar surface area (TPSA) is 106 Å². The van der Waals surface area contributed by atoms with Crippen LogP contribution in [0.2, 0.25) is 0 Å². The number of nitrogens with zero attached hydrogens (tertiary/aromatic N) is 2. The molecule has 7 nitrogen and oxygen atoms in total. The number of H-pyrrole nitrogens is 1. The first-order chi connectivity index (χ1) is 16.3. The summed E-state index contributed by atoms with van der Waals surface area (Å²) in [7, 11) is 0. The molecule has 0 aliphatic carbocycles. The van der Waals surface area contributed by atoms with Crippen LogP contribution >= 0.6 is 15.9 Å². The van der Waals surface area contributed by atoms with Crippen molar-refractivity contribution in [1.29, 1.82) is 0 Å². The van der Waals surface area contributed by atoms with Crippen molar-refractivity contribution in [2.24, 2.45) is 0 Å². The fourth-order valence-electron chi connectivity index (χ4n) is 3.72. The first kappa shape index (κ1) is 21.7. The van der Waals surface area contributed by atoms with Crippen molar-refractivity contribution in [3.63, 3.8) is 0 Å². The molecule has 0 aliphatic heterocycles. The van der Waals surface area contributed by atoms with E-state index in [2.05, 4.69) is 26.0 Å². The Morgan fingerprint density at radius 1 is 1.18 bits per heavy atom.